The molecule has 1 aromatic carbocycles. The largest absolute Gasteiger partial charge is 0.440 e. The molecular weight excluding hydrogens is 342 g/mol. The van der Waals surface area contributed by atoms with E-state index in [1.54, 1.807) is 12.1 Å². The maximum Gasteiger partial charge on any atom is 0.290 e. The molecule has 1 saturated carbocycles. The van der Waals surface area contributed by atoms with Crippen molar-refractivity contribution < 1.29 is 9.21 Å². The highest BCUT2D eigenvalue weighted by Crippen LogP contribution is 2.30. The SMILES string of the molecule is O=C(c1ccc(Cl)o1)N(Cc1cccc(Br)c1)C1CC1. The van der Waals surface area contributed by atoms with Gasteiger partial charge in [-0.3, -0.25) is 4.79 Å². The molecule has 3 rings (SSSR count). The lowest BCUT2D eigenvalue weighted by Gasteiger charge is -2.21. The molecule has 2 aromatic rings. The molecule has 0 bridgehead atoms. The third-order valence-electron chi connectivity index (χ3n) is 3.27. The summed E-state index contributed by atoms with van der Waals surface area (Å²) in [4.78, 5) is 14.3. The normalized spacial score (nSPS) is 14.3. The summed E-state index contributed by atoms with van der Waals surface area (Å²) in [6.45, 7) is 0.585. The van der Waals surface area contributed by atoms with Crippen molar-refractivity contribution in [1.29, 1.82) is 0 Å². The topological polar surface area (TPSA) is 33.5 Å². The summed E-state index contributed by atoms with van der Waals surface area (Å²) in [6.07, 6.45) is 2.10. The highest BCUT2D eigenvalue weighted by molar-refractivity contribution is 9.10. The number of carbonyl (C=O) groups excluding carboxylic acids is 1. The van der Waals surface area contributed by atoms with Crippen molar-refractivity contribution in [2.45, 2.75) is 25.4 Å². The molecule has 0 aliphatic heterocycles. The second-order valence-electron chi connectivity index (χ2n) is 4.90. The van der Waals surface area contributed by atoms with E-state index in [-0.39, 0.29) is 11.1 Å². The summed E-state index contributed by atoms with van der Waals surface area (Å²) in [5.41, 5.74) is 1.09. The third-order valence-corrected chi connectivity index (χ3v) is 3.97. The second-order valence-corrected chi connectivity index (χ2v) is 6.19. The number of carbonyl (C=O) groups is 1. The molecule has 1 aromatic heterocycles. The van der Waals surface area contributed by atoms with E-state index in [2.05, 4.69) is 15.9 Å². The van der Waals surface area contributed by atoms with E-state index in [1.807, 2.05) is 29.2 Å². The average Bonchev–Trinajstić information content (AvgIpc) is 3.17. The van der Waals surface area contributed by atoms with Gasteiger partial charge < -0.3 is 9.32 Å². The number of hydrogen-bond donors (Lipinski definition) is 0. The Morgan fingerprint density at radius 2 is 2.15 bits per heavy atom. The fourth-order valence-electron chi connectivity index (χ4n) is 2.16. The van der Waals surface area contributed by atoms with Crippen LogP contribution in [-0.2, 0) is 6.54 Å². The van der Waals surface area contributed by atoms with Crippen LogP contribution in [0, 0.1) is 0 Å². The van der Waals surface area contributed by atoms with Gasteiger partial charge in [0.15, 0.2) is 11.0 Å². The minimum absolute atomic E-state index is 0.0978. The van der Waals surface area contributed by atoms with Crippen LogP contribution in [0.3, 0.4) is 0 Å². The number of furan rings is 1. The molecule has 0 atom stereocenters. The quantitative estimate of drug-likeness (QED) is 0.810. The Balaban J connectivity index is 1.81. The minimum Gasteiger partial charge on any atom is -0.440 e. The molecule has 0 unspecified atom stereocenters. The summed E-state index contributed by atoms with van der Waals surface area (Å²) in [6, 6.07) is 11.5. The molecule has 20 heavy (non-hydrogen) atoms. The van der Waals surface area contributed by atoms with Crippen molar-refractivity contribution in [3.8, 4) is 0 Å². The number of hydrogen-bond acceptors (Lipinski definition) is 2. The van der Waals surface area contributed by atoms with Gasteiger partial charge >= 0.3 is 0 Å². The first-order valence-electron chi connectivity index (χ1n) is 6.44. The van der Waals surface area contributed by atoms with Crippen molar-refractivity contribution >= 4 is 33.4 Å². The first-order valence-corrected chi connectivity index (χ1v) is 7.61. The van der Waals surface area contributed by atoms with Crippen molar-refractivity contribution in [2.24, 2.45) is 0 Å². The Hall–Kier alpha value is -1.26. The molecule has 3 nitrogen and oxygen atoms in total. The maximum absolute atomic E-state index is 12.5. The minimum atomic E-state index is -0.0978. The Morgan fingerprint density at radius 3 is 2.75 bits per heavy atom. The van der Waals surface area contributed by atoms with E-state index in [0.29, 0.717) is 18.3 Å². The lowest BCUT2D eigenvalue weighted by molar-refractivity contribution is 0.0697. The van der Waals surface area contributed by atoms with Crippen LogP contribution in [0.2, 0.25) is 5.22 Å². The van der Waals surface area contributed by atoms with Crippen LogP contribution in [0.4, 0.5) is 0 Å². The molecule has 1 fully saturated rings. The van der Waals surface area contributed by atoms with Gasteiger partial charge in [0, 0.05) is 17.1 Å². The van der Waals surface area contributed by atoms with Gasteiger partial charge in [-0.15, -0.1) is 0 Å². The molecule has 0 saturated heterocycles. The van der Waals surface area contributed by atoms with Crippen LogP contribution >= 0.6 is 27.5 Å². The van der Waals surface area contributed by atoms with E-state index in [4.69, 9.17) is 16.0 Å². The molecule has 0 spiro atoms. The van der Waals surface area contributed by atoms with Crippen LogP contribution in [0.5, 0.6) is 0 Å². The third kappa shape index (κ3) is 3.07. The molecule has 1 aliphatic carbocycles. The van der Waals surface area contributed by atoms with Crippen molar-refractivity contribution in [2.75, 3.05) is 0 Å². The summed E-state index contributed by atoms with van der Waals surface area (Å²) < 4.78 is 6.24. The Morgan fingerprint density at radius 1 is 1.35 bits per heavy atom. The second kappa shape index (κ2) is 5.62. The molecule has 104 valence electrons. The van der Waals surface area contributed by atoms with E-state index in [9.17, 15) is 4.79 Å². The number of nitrogens with zero attached hydrogens (tertiary/aromatic N) is 1. The number of amides is 1. The van der Waals surface area contributed by atoms with Gasteiger partial charge in [-0.25, -0.2) is 0 Å². The zero-order valence-corrected chi connectivity index (χ0v) is 13.0. The standard InChI is InChI=1S/C15H13BrClNO2/c16-11-3-1-2-10(8-11)9-18(12-4-5-12)15(19)13-6-7-14(17)20-13/h1-3,6-8,12H,4-5,9H2. The summed E-state index contributed by atoms with van der Waals surface area (Å²) in [5, 5.41) is 0.242. The smallest absolute Gasteiger partial charge is 0.290 e. The molecule has 5 heteroatoms. The van der Waals surface area contributed by atoms with Crippen molar-refractivity contribution in [3.63, 3.8) is 0 Å². The predicted octanol–water partition coefficient (Wildman–Crippen LogP) is 4.50. The first kappa shape index (κ1) is 13.7. The Labute approximate surface area is 130 Å². The van der Waals surface area contributed by atoms with Crippen LogP contribution in [-0.4, -0.2) is 16.8 Å². The monoisotopic (exact) mass is 353 g/mol. The lowest BCUT2D eigenvalue weighted by Crippen LogP contribution is -2.32. The van der Waals surface area contributed by atoms with E-state index in [0.717, 1.165) is 22.9 Å². The van der Waals surface area contributed by atoms with Gasteiger partial charge in [0.1, 0.15) is 0 Å². The first-order chi connectivity index (χ1) is 9.63. The van der Waals surface area contributed by atoms with Gasteiger partial charge in [0.2, 0.25) is 0 Å². The van der Waals surface area contributed by atoms with Gasteiger partial charge in [0.05, 0.1) is 0 Å². The fourth-order valence-corrected chi connectivity index (χ4v) is 2.75. The number of rotatable bonds is 4. The average molecular weight is 355 g/mol. The van der Waals surface area contributed by atoms with E-state index >= 15 is 0 Å². The van der Waals surface area contributed by atoms with Gasteiger partial charge in [-0.2, -0.15) is 0 Å². The molecule has 0 N–H and O–H groups in total. The Bertz CT molecular complexity index is 636. The number of halogens is 2. The number of benzene rings is 1. The Kier molecular flexibility index (Phi) is 3.85. The lowest BCUT2D eigenvalue weighted by atomic mass is 10.2. The predicted molar refractivity (Wildman–Crippen MR) is 80.8 cm³/mol. The van der Waals surface area contributed by atoms with Gasteiger partial charge in [0.25, 0.3) is 5.91 Å². The highest BCUT2D eigenvalue weighted by Gasteiger charge is 2.34. The molecule has 1 aliphatic rings. The zero-order valence-electron chi connectivity index (χ0n) is 10.7. The van der Waals surface area contributed by atoms with Gasteiger partial charge in [-0.05, 0) is 54.3 Å². The van der Waals surface area contributed by atoms with Gasteiger partial charge in [-0.1, -0.05) is 28.1 Å². The highest BCUT2D eigenvalue weighted by atomic mass is 79.9. The summed E-state index contributed by atoms with van der Waals surface area (Å²) in [7, 11) is 0. The zero-order chi connectivity index (χ0) is 14.1. The van der Waals surface area contributed by atoms with Crippen LogP contribution in [0.25, 0.3) is 0 Å². The summed E-state index contributed by atoms with van der Waals surface area (Å²) >= 11 is 9.19. The van der Waals surface area contributed by atoms with Crippen molar-refractivity contribution in [3.05, 3.63) is 57.4 Å². The van der Waals surface area contributed by atoms with Crippen LogP contribution in [0.15, 0.2) is 45.3 Å². The fraction of sp³-hybridized carbons (Fsp3) is 0.267. The van der Waals surface area contributed by atoms with Crippen LogP contribution in [0.1, 0.15) is 29.0 Å². The summed E-state index contributed by atoms with van der Waals surface area (Å²) in [5.74, 6) is 0.205. The molecule has 1 heterocycles. The molecule has 0 radical (unpaired) electrons. The van der Waals surface area contributed by atoms with E-state index < -0.39 is 0 Å². The molecule has 1 amide bonds. The van der Waals surface area contributed by atoms with Crippen molar-refractivity contribution in [1.82, 2.24) is 4.90 Å². The van der Waals surface area contributed by atoms with Crippen LogP contribution < -0.4 is 0 Å². The molecular formula is C15H13BrClNO2. The van der Waals surface area contributed by atoms with E-state index in [1.165, 1.54) is 0 Å². The maximum atomic E-state index is 12.5.